The number of rotatable bonds is 6. The largest absolute Gasteiger partial charge is 0.493 e. The summed E-state index contributed by atoms with van der Waals surface area (Å²) in [5, 5.41) is 0.531. The molecule has 4 aromatic rings. The molecule has 1 aliphatic rings. The standard InChI is InChI=1S/C23H23N3O4/c27-21-15-23(20-13-17-3-1-7-26(17)16-24-20)30-22-14-18(4-5-19(21)22)29-10-2-6-25-8-11-28-12-9-25/h1,3-5,7,13-16H,2,6,8-12H2. The van der Waals surface area contributed by atoms with Crippen LogP contribution in [0, 0.1) is 0 Å². The third-order valence-electron chi connectivity index (χ3n) is 5.36. The third-order valence-corrected chi connectivity index (χ3v) is 5.36. The minimum atomic E-state index is -0.0952. The molecule has 4 heterocycles. The van der Waals surface area contributed by atoms with Crippen LogP contribution in [-0.2, 0) is 4.74 Å². The molecule has 0 radical (unpaired) electrons. The average Bonchev–Trinajstić information content (AvgIpc) is 3.25. The predicted octanol–water partition coefficient (Wildman–Crippen LogP) is 3.21. The fourth-order valence-electron chi connectivity index (χ4n) is 3.73. The molecule has 1 fully saturated rings. The molecule has 30 heavy (non-hydrogen) atoms. The molecule has 0 saturated carbocycles. The van der Waals surface area contributed by atoms with E-state index in [1.807, 2.05) is 34.9 Å². The van der Waals surface area contributed by atoms with Gasteiger partial charge in [-0.1, -0.05) is 0 Å². The molecule has 0 bridgehead atoms. The molecule has 0 atom stereocenters. The van der Waals surface area contributed by atoms with Gasteiger partial charge in [0.25, 0.3) is 0 Å². The number of aromatic nitrogens is 2. The van der Waals surface area contributed by atoms with Crippen molar-refractivity contribution in [3.63, 3.8) is 0 Å². The SMILES string of the molecule is O=c1cc(-c2cc3cccn3cn2)oc2cc(OCCCN3CCOCC3)ccc12. The van der Waals surface area contributed by atoms with E-state index in [0.717, 1.165) is 44.8 Å². The highest BCUT2D eigenvalue weighted by Gasteiger charge is 2.11. The summed E-state index contributed by atoms with van der Waals surface area (Å²) in [4.78, 5) is 19.4. The Morgan fingerprint density at radius 2 is 2.00 bits per heavy atom. The van der Waals surface area contributed by atoms with Gasteiger partial charge in [-0.15, -0.1) is 0 Å². The maximum Gasteiger partial charge on any atom is 0.193 e. The zero-order chi connectivity index (χ0) is 20.3. The number of ether oxygens (including phenoxy) is 2. The van der Waals surface area contributed by atoms with Gasteiger partial charge in [-0.05, 0) is 36.8 Å². The first-order chi connectivity index (χ1) is 14.8. The Morgan fingerprint density at radius 1 is 1.10 bits per heavy atom. The van der Waals surface area contributed by atoms with Crippen LogP contribution in [0.1, 0.15) is 6.42 Å². The number of morpholine rings is 1. The summed E-state index contributed by atoms with van der Waals surface area (Å²) in [6.07, 6.45) is 4.57. The molecule has 0 N–H and O–H groups in total. The second-order valence-electron chi connectivity index (χ2n) is 7.40. The van der Waals surface area contributed by atoms with E-state index in [0.29, 0.717) is 34.8 Å². The highest BCUT2D eigenvalue weighted by molar-refractivity contribution is 5.80. The van der Waals surface area contributed by atoms with Crippen molar-refractivity contribution in [2.24, 2.45) is 0 Å². The summed E-state index contributed by atoms with van der Waals surface area (Å²) in [5.74, 6) is 1.14. The second kappa shape index (κ2) is 8.30. The molecule has 0 amide bonds. The topological polar surface area (TPSA) is 69.2 Å². The van der Waals surface area contributed by atoms with Crippen LogP contribution in [0.2, 0.25) is 0 Å². The quantitative estimate of drug-likeness (QED) is 0.459. The van der Waals surface area contributed by atoms with Gasteiger partial charge in [-0.2, -0.15) is 0 Å². The number of fused-ring (bicyclic) bond motifs is 2. The molecule has 0 aliphatic carbocycles. The lowest BCUT2D eigenvalue weighted by Gasteiger charge is -2.26. The van der Waals surface area contributed by atoms with Crippen LogP contribution >= 0.6 is 0 Å². The van der Waals surface area contributed by atoms with Crippen LogP contribution in [0.5, 0.6) is 5.75 Å². The lowest BCUT2D eigenvalue weighted by atomic mass is 10.2. The van der Waals surface area contributed by atoms with Crippen molar-refractivity contribution < 1.29 is 13.9 Å². The van der Waals surface area contributed by atoms with Gasteiger partial charge in [0.15, 0.2) is 11.2 Å². The van der Waals surface area contributed by atoms with E-state index >= 15 is 0 Å². The van der Waals surface area contributed by atoms with Gasteiger partial charge in [-0.3, -0.25) is 9.69 Å². The summed E-state index contributed by atoms with van der Waals surface area (Å²) in [7, 11) is 0. The van der Waals surface area contributed by atoms with Gasteiger partial charge in [0.1, 0.15) is 17.0 Å². The summed E-state index contributed by atoms with van der Waals surface area (Å²) in [5.41, 5.74) is 2.01. The summed E-state index contributed by atoms with van der Waals surface area (Å²) < 4.78 is 19.2. The first-order valence-electron chi connectivity index (χ1n) is 10.2. The molecule has 1 aliphatic heterocycles. The number of hydrogen-bond acceptors (Lipinski definition) is 6. The van der Waals surface area contributed by atoms with Crippen LogP contribution in [0.4, 0.5) is 0 Å². The molecule has 1 saturated heterocycles. The van der Waals surface area contributed by atoms with Crippen molar-refractivity contribution in [3.05, 3.63) is 65.2 Å². The van der Waals surface area contributed by atoms with Crippen molar-refractivity contribution in [1.82, 2.24) is 14.3 Å². The van der Waals surface area contributed by atoms with Crippen LogP contribution < -0.4 is 10.2 Å². The highest BCUT2D eigenvalue weighted by atomic mass is 16.5. The Bertz CT molecular complexity index is 1220. The van der Waals surface area contributed by atoms with Crippen molar-refractivity contribution in [2.75, 3.05) is 39.5 Å². The highest BCUT2D eigenvalue weighted by Crippen LogP contribution is 2.24. The Balaban J connectivity index is 1.33. The zero-order valence-electron chi connectivity index (χ0n) is 16.6. The first kappa shape index (κ1) is 18.8. The number of benzene rings is 1. The lowest BCUT2D eigenvalue weighted by Crippen LogP contribution is -2.37. The van der Waals surface area contributed by atoms with Crippen LogP contribution in [0.25, 0.3) is 27.9 Å². The van der Waals surface area contributed by atoms with Crippen molar-refractivity contribution >= 4 is 16.5 Å². The van der Waals surface area contributed by atoms with Gasteiger partial charge in [0.2, 0.25) is 0 Å². The van der Waals surface area contributed by atoms with E-state index < -0.39 is 0 Å². The molecule has 154 valence electrons. The van der Waals surface area contributed by atoms with Crippen LogP contribution in [0.15, 0.2) is 64.2 Å². The molecule has 5 rings (SSSR count). The summed E-state index contributed by atoms with van der Waals surface area (Å²) >= 11 is 0. The molecule has 1 aromatic carbocycles. The summed E-state index contributed by atoms with van der Waals surface area (Å²) in [6.45, 7) is 5.17. The molecule has 7 nitrogen and oxygen atoms in total. The molecule has 3 aromatic heterocycles. The summed E-state index contributed by atoms with van der Waals surface area (Å²) in [6, 6.07) is 12.7. The predicted molar refractivity (Wildman–Crippen MR) is 114 cm³/mol. The van der Waals surface area contributed by atoms with E-state index in [4.69, 9.17) is 13.9 Å². The Kier molecular flexibility index (Phi) is 5.21. The molecule has 0 spiro atoms. The first-order valence-corrected chi connectivity index (χ1v) is 10.2. The van der Waals surface area contributed by atoms with Crippen molar-refractivity contribution in [2.45, 2.75) is 6.42 Å². The molecule has 0 unspecified atom stereocenters. The van der Waals surface area contributed by atoms with Gasteiger partial charge in [-0.25, -0.2) is 4.98 Å². The van der Waals surface area contributed by atoms with Gasteiger partial charge < -0.3 is 18.3 Å². The van der Waals surface area contributed by atoms with Crippen LogP contribution in [-0.4, -0.2) is 53.7 Å². The average molecular weight is 405 g/mol. The van der Waals surface area contributed by atoms with Crippen molar-refractivity contribution in [1.29, 1.82) is 0 Å². The van der Waals surface area contributed by atoms with E-state index in [1.165, 1.54) is 6.07 Å². The van der Waals surface area contributed by atoms with Gasteiger partial charge in [0, 0.05) is 43.5 Å². The zero-order valence-corrected chi connectivity index (χ0v) is 16.6. The minimum Gasteiger partial charge on any atom is -0.493 e. The van der Waals surface area contributed by atoms with E-state index in [-0.39, 0.29) is 5.43 Å². The maximum absolute atomic E-state index is 12.6. The number of hydrogen-bond donors (Lipinski definition) is 0. The fraction of sp³-hybridized carbons (Fsp3) is 0.304. The van der Waals surface area contributed by atoms with E-state index in [1.54, 1.807) is 18.5 Å². The number of nitrogens with zero attached hydrogens (tertiary/aromatic N) is 3. The fourth-order valence-corrected chi connectivity index (χ4v) is 3.73. The van der Waals surface area contributed by atoms with Gasteiger partial charge >= 0.3 is 0 Å². The normalized spacial score (nSPS) is 15.1. The smallest absolute Gasteiger partial charge is 0.193 e. The molecule has 7 heteroatoms. The van der Waals surface area contributed by atoms with Crippen LogP contribution in [0.3, 0.4) is 0 Å². The van der Waals surface area contributed by atoms with E-state index in [2.05, 4.69) is 9.88 Å². The Hall–Kier alpha value is -3.16. The van der Waals surface area contributed by atoms with Crippen molar-refractivity contribution in [3.8, 4) is 17.2 Å². The maximum atomic E-state index is 12.6. The minimum absolute atomic E-state index is 0.0952. The van der Waals surface area contributed by atoms with Gasteiger partial charge in [0.05, 0.1) is 31.5 Å². The third kappa shape index (κ3) is 3.94. The second-order valence-corrected chi connectivity index (χ2v) is 7.40. The Labute approximate surface area is 173 Å². The monoisotopic (exact) mass is 405 g/mol. The van der Waals surface area contributed by atoms with E-state index in [9.17, 15) is 4.79 Å². The molecular weight excluding hydrogens is 382 g/mol. The molecular formula is C23H23N3O4. The Morgan fingerprint density at radius 3 is 2.90 bits per heavy atom. The lowest BCUT2D eigenvalue weighted by molar-refractivity contribution is 0.0358.